The Balaban J connectivity index is 0.00000243. The third-order valence-electron chi connectivity index (χ3n) is 3.76. The first-order valence-electron chi connectivity index (χ1n) is 8.05. The van der Waals surface area contributed by atoms with E-state index in [4.69, 9.17) is 10.5 Å². The zero-order valence-electron chi connectivity index (χ0n) is 14.5. The Kier molecular flexibility index (Phi) is 7.46. The Labute approximate surface area is 170 Å². The van der Waals surface area contributed by atoms with Crippen LogP contribution in [0.25, 0.3) is 5.69 Å². The quantitative estimate of drug-likeness (QED) is 0.334. The van der Waals surface area contributed by atoms with Crippen LogP contribution >= 0.6 is 24.0 Å². The summed E-state index contributed by atoms with van der Waals surface area (Å²) >= 11 is 0. The molecular weight excluding hydrogens is 441 g/mol. The number of guanidine groups is 1. The van der Waals surface area contributed by atoms with Gasteiger partial charge in [-0.3, -0.25) is 4.99 Å². The molecule has 0 unspecified atom stereocenters. The van der Waals surface area contributed by atoms with E-state index in [1.165, 1.54) is 5.56 Å². The molecule has 7 heteroatoms. The summed E-state index contributed by atoms with van der Waals surface area (Å²) in [7, 11) is 1.63. The van der Waals surface area contributed by atoms with Crippen molar-refractivity contribution in [3.05, 3.63) is 72.6 Å². The summed E-state index contributed by atoms with van der Waals surface area (Å²) < 4.78 is 7.11. The molecule has 2 aromatic carbocycles. The van der Waals surface area contributed by atoms with E-state index in [2.05, 4.69) is 27.5 Å². The summed E-state index contributed by atoms with van der Waals surface area (Å²) in [5.41, 5.74) is 8.99. The zero-order valence-corrected chi connectivity index (χ0v) is 16.8. The number of ether oxygens (including phenoxy) is 1. The number of anilines is 1. The SMILES string of the molecule is COc1ccccc1NC(N)=NCCc1ccc(-n2cccn2)cc1.I. The highest BCUT2D eigenvalue weighted by atomic mass is 127. The molecule has 0 radical (unpaired) electrons. The van der Waals surface area contributed by atoms with Crippen LogP contribution < -0.4 is 15.8 Å². The van der Waals surface area contributed by atoms with Crippen molar-refractivity contribution in [3.8, 4) is 11.4 Å². The second-order valence-electron chi connectivity index (χ2n) is 5.46. The molecule has 0 aliphatic heterocycles. The van der Waals surface area contributed by atoms with Crippen LogP contribution in [0.3, 0.4) is 0 Å². The summed E-state index contributed by atoms with van der Waals surface area (Å²) in [6.45, 7) is 0.606. The third kappa shape index (κ3) is 5.22. The molecule has 26 heavy (non-hydrogen) atoms. The van der Waals surface area contributed by atoms with Gasteiger partial charge in [-0.2, -0.15) is 5.10 Å². The fourth-order valence-electron chi connectivity index (χ4n) is 2.47. The minimum Gasteiger partial charge on any atom is -0.495 e. The number of halogens is 1. The van der Waals surface area contributed by atoms with Crippen molar-refractivity contribution in [2.45, 2.75) is 6.42 Å². The Morgan fingerprint density at radius 1 is 1.15 bits per heavy atom. The number of nitrogens with one attached hydrogen (secondary N) is 1. The number of aliphatic imine (C=N–C) groups is 1. The van der Waals surface area contributed by atoms with Gasteiger partial charge in [-0.15, -0.1) is 24.0 Å². The summed E-state index contributed by atoms with van der Waals surface area (Å²) in [5.74, 6) is 1.10. The molecule has 0 spiro atoms. The van der Waals surface area contributed by atoms with Gasteiger partial charge < -0.3 is 15.8 Å². The molecule has 0 bridgehead atoms. The van der Waals surface area contributed by atoms with Crippen molar-refractivity contribution in [2.75, 3.05) is 19.0 Å². The fourth-order valence-corrected chi connectivity index (χ4v) is 2.47. The van der Waals surface area contributed by atoms with Crippen LogP contribution in [-0.4, -0.2) is 29.4 Å². The maximum atomic E-state index is 5.95. The predicted octanol–water partition coefficient (Wildman–Crippen LogP) is 3.47. The zero-order chi connectivity index (χ0) is 17.5. The van der Waals surface area contributed by atoms with E-state index in [0.29, 0.717) is 12.5 Å². The van der Waals surface area contributed by atoms with E-state index in [-0.39, 0.29) is 24.0 Å². The average Bonchev–Trinajstić information content (AvgIpc) is 3.17. The third-order valence-corrected chi connectivity index (χ3v) is 3.76. The molecule has 0 aliphatic carbocycles. The molecule has 3 rings (SSSR count). The number of methoxy groups -OCH3 is 1. The van der Waals surface area contributed by atoms with Gasteiger partial charge in [-0.1, -0.05) is 24.3 Å². The van der Waals surface area contributed by atoms with Gasteiger partial charge in [-0.05, 0) is 42.3 Å². The van der Waals surface area contributed by atoms with Gasteiger partial charge in [0.05, 0.1) is 18.5 Å². The molecule has 1 heterocycles. The van der Waals surface area contributed by atoms with Crippen molar-refractivity contribution in [2.24, 2.45) is 10.7 Å². The van der Waals surface area contributed by atoms with Crippen molar-refractivity contribution < 1.29 is 4.74 Å². The minimum absolute atomic E-state index is 0. The number of para-hydroxylation sites is 2. The number of benzene rings is 2. The van der Waals surface area contributed by atoms with Gasteiger partial charge >= 0.3 is 0 Å². The number of aromatic nitrogens is 2. The van der Waals surface area contributed by atoms with Gasteiger partial charge in [0.15, 0.2) is 5.96 Å². The highest BCUT2D eigenvalue weighted by Gasteiger charge is 2.02. The van der Waals surface area contributed by atoms with Gasteiger partial charge in [0.25, 0.3) is 0 Å². The van der Waals surface area contributed by atoms with Crippen LogP contribution in [0.5, 0.6) is 5.75 Å². The van der Waals surface area contributed by atoms with Crippen LogP contribution in [0.15, 0.2) is 72.0 Å². The Morgan fingerprint density at radius 3 is 2.62 bits per heavy atom. The van der Waals surface area contributed by atoms with E-state index in [1.54, 1.807) is 13.3 Å². The number of hydrogen-bond acceptors (Lipinski definition) is 3. The topological polar surface area (TPSA) is 77.5 Å². The molecule has 0 atom stereocenters. The summed E-state index contributed by atoms with van der Waals surface area (Å²) in [6, 6.07) is 17.7. The molecule has 0 aliphatic rings. The van der Waals surface area contributed by atoms with Crippen LogP contribution in [0.1, 0.15) is 5.56 Å². The van der Waals surface area contributed by atoms with E-state index in [0.717, 1.165) is 23.5 Å². The van der Waals surface area contributed by atoms with Crippen molar-refractivity contribution >= 4 is 35.6 Å². The normalized spacial score (nSPS) is 10.9. The Morgan fingerprint density at radius 2 is 1.92 bits per heavy atom. The molecule has 136 valence electrons. The van der Waals surface area contributed by atoms with Gasteiger partial charge in [0.1, 0.15) is 5.75 Å². The number of nitrogens with zero attached hydrogens (tertiary/aromatic N) is 3. The maximum absolute atomic E-state index is 5.95. The lowest BCUT2D eigenvalue weighted by atomic mass is 10.1. The van der Waals surface area contributed by atoms with Gasteiger partial charge in [0.2, 0.25) is 0 Å². The smallest absolute Gasteiger partial charge is 0.193 e. The van der Waals surface area contributed by atoms with Crippen LogP contribution in [0, 0.1) is 0 Å². The Hall–Kier alpha value is -2.55. The second kappa shape index (κ2) is 9.81. The largest absolute Gasteiger partial charge is 0.495 e. The van der Waals surface area contributed by atoms with E-state index < -0.39 is 0 Å². The molecule has 3 aromatic rings. The lowest BCUT2D eigenvalue weighted by Gasteiger charge is -2.10. The Bertz CT molecular complexity index is 831. The van der Waals surface area contributed by atoms with Gasteiger partial charge in [0, 0.05) is 18.9 Å². The second-order valence-corrected chi connectivity index (χ2v) is 5.46. The lowest BCUT2D eigenvalue weighted by Crippen LogP contribution is -2.23. The highest BCUT2D eigenvalue weighted by Crippen LogP contribution is 2.22. The van der Waals surface area contributed by atoms with Crippen LogP contribution in [0.4, 0.5) is 5.69 Å². The van der Waals surface area contributed by atoms with Crippen LogP contribution in [-0.2, 0) is 6.42 Å². The fraction of sp³-hybridized carbons (Fsp3) is 0.158. The monoisotopic (exact) mass is 463 g/mol. The maximum Gasteiger partial charge on any atom is 0.193 e. The number of rotatable bonds is 6. The molecule has 6 nitrogen and oxygen atoms in total. The van der Waals surface area contributed by atoms with E-state index in [9.17, 15) is 0 Å². The summed E-state index contributed by atoms with van der Waals surface area (Å²) in [5, 5.41) is 7.28. The van der Waals surface area contributed by atoms with Gasteiger partial charge in [-0.25, -0.2) is 4.68 Å². The molecule has 3 N–H and O–H groups in total. The molecule has 0 fully saturated rings. The first kappa shape index (κ1) is 19.8. The van der Waals surface area contributed by atoms with E-state index >= 15 is 0 Å². The molecule has 0 amide bonds. The predicted molar refractivity (Wildman–Crippen MR) is 116 cm³/mol. The lowest BCUT2D eigenvalue weighted by molar-refractivity contribution is 0.417. The minimum atomic E-state index is 0. The number of hydrogen-bond donors (Lipinski definition) is 2. The van der Waals surface area contributed by atoms with Crippen molar-refractivity contribution in [3.63, 3.8) is 0 Å². The van der Waals surface area contributed by atoms with E-state index in [1.807, 2.05) is 53.3 Å². The molecule has 0 saturated heterocycles. The molecular formula is C19H22IN5O. The first-order valence-corrected chi connectivity index (χ1v) is 8.05. The average molecular weight is 463 g/mol. The molecule has 0 saturated carbocycles. The van der Waals surface area contributed by atoms with Crippen molar-refractivity contribution in [1.29, 1.82) is 0 Å². The first-order chi connectivity index (χ1) is 12.3. The van der Waals surface area contributed by atoms with Crippen molar-refractivity contribution in [1.82, 2.24) is 9.78 Å². The summed E-state index contributed by atoms with van der Waals surface area (Å²) in [6.07, 6.45) is 4.50. The van der Waals surface area contributed by atoms with Crippen LogP contribution in [0.2, 0.25) is 0 Å². The summed E-state index contributed by atoms with van der Waals surface area (Å²) in [4.78, 5) is 4.37. The number of nitrogens with two attached hydrogens (primary N) is 1. The highest BCUT2D eigenvalue weighted by molar-refractivity contribution is 14.0. The standard InChI is InChI=1S/C19H21N5O.HI/c1-25-18-6-3-2-5-17(18)23-19(20)21-13-11-15-7-9-16(10-8-15)24-14-4-12-22-24;/h2-10,12,14H,11,13H2,1H3,(H3,20,21,23);1H. The molecule has 1 aromatic heterocycles.